The van der Waals surface area contributed by atoms with E-state index in [2.05, 4.69) is 17.4 Å². The second kappa shape index (κ2) is 9.26. The van der Waals surface area contributed by atoms with Crippen molar-refractivity contribution in [2.45, 2.75) is 25.1 Å². The Morgan fingerprint density at radius 3 is 2.48 bits per heavy atom. The number of hydrogen-bond acceptors (Lipinski definition) is 3. The van der Waals surface area contributed by atoms with Gasteiger partial charge in [0.15, 0.2) is 0 Å². The lowest BCUT2D eigenvalue weighted by Gasteiger charge is -2.14. The quantitative estimate of drug-likeness (QED) is 0.738. The Bertz CT molecular complexity index is 599. The van der Waals surface area contributed by atoms with E-state index in [4.69, 9.17) is 4.74 Å². The first-order valence-corrected chi connectivity index (χ1v) is 8.89. The predicted molar refractivity (Wildman–Crippen MR) is 96.8 cm³/mol. The van der Waals surface area contributed by atoms with Crippen molar-refractivity contribution in [3.63, 3.8) is 0 Å². The number of hydrogen-bond donors (Lipinski definition) is 1. The van der Waals surface area contributed by atoms with Crippen LogP contribution in [0.25, 0.3) is 0 Å². The average molecular weight is 329 g/mol. The number of benzene rings is 2. The molecule has 1 amide bonds. The molecule has 0 radical (unpaired) electrons. The van der Waals surface area contributed by atoms with Gasteiger partial charge < -0.3 is 10.1 Å². The second-order valence-electron chi connectivity index (χ2n) is 5.35. The van der Waals surface area contributed by atoms with Gasteiger partial charge in [-0.1, -0.05) is 42.5 Å². The molecule has 4 heteroatoms. The molecule has 0 heterocycles. The van der Waals surface area contributed by atoms with Gasteiger partial charge in [-0.15, -0.1) is 0 Å². The highest BCUT2D eigenvalue weighted by molar-refractivity contribution is 7.98. The lowest BCUT2D eigenvalue weighted by molar-refractivity contribution is -0.121. The summed E-state index contributed by atoms with van der Waals surface area (Å²) < 4.78 is 5.14. The number of rotatable bonds is 8. The molecule has 122 valence electrons. The lowest BCUT2D eigenvalue weighted by atomic mass is 10.1. The Kier molecular flexibility index (Phi) is 7.01. The maximum atomic E-state index is 12.0. The number of amides is 1. The fourth-order valence-electron chi connectivity index (χ4n) is 2.22. The van der Waals surface area contributed by atoms with E-state index in [0.717, 1.165) is 22.8 Å². The minimum atomic E-state index is 0.00697. The van der Waals surface area contributed by atoms with E-state index in [-0.39, 0.29) is 11.9 Å². The van der Waals surface area contributed by atoms with Gasteiger partial charge in [-0.3, -0.25) is 4.79 Å². The zero-order valence-corrected chi connectivity index (χ0v) is 14.4. The number of thioether (sulfide) groups is 1. The molecule has 0 saturated heterocycles. The van der Waals surface area contributed by atoms with Crippen LogP contribution in [0.2, 0.25) is 0 Å². The lowest BCUT2D eigenvalue weighted by Crippen LogP contribution is -2.26. The number of carbonyl (C=O) groups is 1. The van der Waals surface area contributed by atoms with Gasteiger partial charge >= 0.3 is 0 Å². The predicted octanol–water partition coefficient (Wildman–Crippen LogP) is 4.20. The molecule has 0 aliphatic carbocycles. The molecule has 2 rings (SSSR count). The van der Waals surface area contributed by atoms with Crippen molar-refractivity contribution in [2.24, 2.45) is 0 Å². The van der Waals surface area contributed by atoms with Gasteiger partial charge in [0.25, 0.3) is 0 Å². The summed E-state index contributed by atoms with van der Waals surface area (Å²) in [5, 5.41) is 3.04. The van der Waals surface area contributed by atoms with Gasteiger partial charge in [0, 0.05) is 17.9 Å². The normalized spacial score (nSPS) is 11.7. The molecule has 0 spiro atoms. The van der Waals surface area contributed by atoms with Crippen LogP contribution in [0.1, 0.15) is 30.5 Å². The van der Waals surface area contributed by atoms with Gasteiger partial charge in [0.1, 0.15) is 5.75 Å². The monoisotopic (exact) mass is 329 g/mol. The van der Waals surface area contributed by atoms with Crippen LogP contribution < -0.4 is 10.1 Å². The van der Waals surface area contributed by atoms with E-state index in [1.165, 1.54) is 5.56 Å². The minimum absolute atomic E-state index is 0.00697. The maximum absolute atomic E-state index is 12.0. The molecule has 2 aromatic rings. The van der Waals surface area contributed by atoms with E-state index < -0.39 is 0 Å². The molecule has 1 N–H and O–H groups in total. The van der Waals surface area contributed by atoms with Crippen LogP contribution in [0.4, 0.5) is 0 Å². The van der Waals surface area contributed by atoms with Crippen LogP contribution in [0.15, 0.2) is 54.6 Å². The minimum Gasteiger partial charge on any atom is -0.497 e. The number of nitrogens with one attached hydrogen (secondary N) is 1. The Morgan fingerprint density at radius 1 is 1.13 bits per heavy atom. The summed E-state index contributed by atoms with van der Waals surface area (Å²) in [6.07, 6.45) is 0.540. The third kappa shape index (κ3) is 5.99. The molecule has 0 aliphatic heterocycles. The van der Waals surface area contributed by atoms with E-state index >= 15 is 0 Å². The van der Waals surface area contributed by atoms with E-state index in [1.54, 1.807) is 18.9 Å². The number of carbonyl (C=O) groups excluding carboxylic acids is 1. The van der Waals surface area contributed by atoms with E-state index in [0.29, 0.717) is 6.42 Å². The SMILES string of the molecule is COc1ccc([C@H](C)NC(=O)CCSCc2ccccc2)cc1. The smallest absolute Gasteiger partial charge is 0.221 e. The van der Waals surface area contributed by atoms with Crippen molar-refractivity contribution >= 4 is 17.7 Å². The van der Waals surface area contributed by atoms with E-state index in [1.807, 2.05) is 49.4 Å². The summed E-state index contributed by atoms with van der Waals surface area (Å²) in [6.45, 7) is 2.00. The van der Waals surface area contributed by atoms with Crippen LogP contribution in [-0.2, 0) is 10.5 Å². The van der Waals surface area contributed by atoms with Crippen LogP contribution in [0.3, 0.4) is 0 Å². The van der Waals surface area contributed by atoms with Crippen LogP contribution >= 0.6 is 11.8 Å². The van der Waals surface area contributed by atoms with E-state index in [9.17, 15) is 4.79 Å². The summed E-state index contributed by atoms with van der Waals surface area (Å²) >= 11 is 1.79. The third-order valence-electron chi connectivity index (χ3n) is 3.58. The molecule has 0 unspecified atom stereocenters. The molecular formula is C19H23NO2S. The average Bonchev–Trinajstić information content (AvgIpc) is 2.59. The standard InChI is InChI=1S/C19H23NO2S/c1-15(17-8-10-18(22-2)11-9-17)20-19(21)12-13-23-14-16-6-4-3-5-7-16/h3-11,15H,12-14H2,1-2H3,(H,20,21)/t15-/m0/s1. The molecule has 0 saturated carbocycles. The highest BCUT2D eigenvalue weighted by Gasteiger charge is 2.09. The van der Waals surface area contributed by atoms with Gasteiger partial charge in [0.05, 0.1) is 13.2 Å². The topological polar surface area (TPSA) is 38.3 Å². The molecule has 2 aromatic carbocycles. The largest absolute Gasteiger partial charge is 0.497 e. The fourth-order valence-corrected chi connectivity index (χ4v) is 3.12. The first-order chi connectivity index (χ1) is 11.2. The Hall–Kier alpha value is -1.94. The first kappa shape index (κ1) is 17.4. The Labute approximate surface area is 142 Å². The van der Waals surface area contributed by atoms with Crippen molar-refractivity contribution in [2.75, 3.05) is 12.9 Å². The molecule has 0 bridgehead atoms. The molecule has 1 atom stereocenters. The van der Waals surface area contributed by atoms with Crippen molar-refractivity contribution in [3.8, 4) is 5.75 Å². The Morgan fingerprint density at radius 2 is 1.83 bits per heavy atom. The molecule has 3 nitrogen and oxygen atoms in total. The zero-order chi connectivity index (χ0) is 16.5. The first-order valence-electron chi connectivity index (χ1n) is 7.74. The summed E-state index contributed by atoms with van der Waals surface area (Å²) in [7, 11) is 1.65. The van der Waals surface area contributed by atoms with Gasteiger partial charge in [-0.05, 0) is 30.2 Å². The van der Waals surface area contributed by atoms with Crippen LogP contribution in [0, 0.1) is 0 Å². The van der Waals surface area contributed by atoms with Crippen molar-refractivity contribution in [1.82, 2.24) is 5.32 Å². The summed E-state index contributed by atoms with van der Waals surface area (Å²) in [5.74, 6) is 2.69. The molecule has 0 aliphatic rings. The molecule has 0 fully saturated rings. The maximum Gasteiger partial charge on any atom is 0.221 e. The van der Waals surface area contributed by atoms with Crippen molar-refractivity contribution < 1.29 is 9.53 Å². The van der Waals surface area contributed by atoms with Gasteiger partial charge in [-0.25, -0.2) is 0 Å². The Balaban J connectivity index is 1.69. The molecular weight excluding hydrogens is 306 g/mol. The highest BCUT2D eigenvalue weighted by Crippen LogP contribution is 2.18. The van der Waals surface area contributed by atoms with Gasteiger partial charge in [0.2, 0.25) is 5.91 Å². The number of methoxy groups -OCH3 is 1. The van der Waals surface area contributed by atoms with Gasteiger partial charge in [-0.2, -0.15) is 11.8 Å². The summed E-state index contributed by atoms with van der Waals surface area (Å²) in [6, 6.07) is 18.1. The zero-order valence-electron chi connectivity index (χ0n) is 13.6. The molecule has 23 heavy (non-hydrogen) atoms. The van der Waals surface area contributed by atoms with Crippen LogP contribution in [-0.4, -0.2) is 18.8 Å². The van der Waals surface area contributed by atoms with Crippen molar-refractivity contribution in [3.05, 3.63) is 65.7 Å². The third-order valence-corrected chi connectivity index (χ3v) is 4.61. The molecule has 0 aromatic heterocycles. The summed E-state index contributed by atoms with van der Waals surface area (Å²) in [4.78, 5) is 12.0. The highest BCUT2D eigenvalue weighted by atomic mass is 32.2. The fraction of sp³-hybridized carbons (Fsp3) is 0.316. The van der Waals surface area contributed by atoms with Crippen molar-refractivity contribution in [1.29, 1.82) is 0 Å². The van der Waals surface area contributed by atoms with Crippen LogP contribution in [0.5, 0.6) is 5.75 Å². The second-order valence-corrected chi connectivity index (χ2v) is 6.46. The summed E-state index contributed by atoms with van der Waals surface area (Å²) in [5.41, 5.74) is 2.38. The number of ether oxygens (including phenoxy) is 1.